The molecule has 1 aliphatic rings. The Hall–Kier alpha value is -3.11. The van der Waals surface area contributed by atoms with E-state index in [1.165, 1.54) is 5.56 Å². The van der Waals surface area contributed by atoms with Crippen LogP contribution in [0, 0.1) is 6.92 Å². The molecule has 176 valence electrons. The van der Waals surface area contributed by atoms with Gasteiger partial charge in [-0.25, -0.2) is 9.59 Å². The van der Waals surface area contributed by atoms with Gasteiger partial charge in [0, 0.05) is 11.1 Å². The summed E-state index contributed by atoms with van der Waals surface area (Å²) in [5.41, 5.74) is 4.53. The second kappa shape index (κ2) is 8.59. The van der Waals surface area contributed by atoms with Gasteiger partial charge in [-0.05, 0) is 77.6 Å². The fourth-order valence-corrected chi connectivity index (χ4v) is 4.97. The van der Waals surface area contributed by atoms with Crippen molar-refractivity contribution in [3.8, 4) is 16.9 Å². The normalized spacial score (nSPS) is 15.9. The van der Waals surface area contributed by atoms with Gasteiger partial charge in [0.05, 0.1) is 16.1 Å². The molecule has 1 aliphatic carbocycles. The van der Waals surface area contributed by atoms with Crippen LogP contribution in [0.1, 0.15) is 77.9 Å². The topological polar surface area (TPSA) is 63.6 Å². The van der Waals surface area contributed by atoms with Gasteiger partial charge in [-0.15, -0.1) is 0 Å². The van der Waals surface area contributed by atoms with Gasteiger partial charge >= 0.3 is 11.9 Å². The van der Waals surface area contributed by atoms with Crippen LogP contribution in [0.5, 0.6) is 5.75 Å². The SMILES string of the molecule is Cc1c(C(=O)OC(=O)c2ccccc2)ccc(-c2cc3c(cc2O)C(C)(C)CCC3(C)C)c1Cl. The third-order valence-corrected chi connectivity index (χ3v) is 7.55. The van der Waals surface area contributed by atoms with Crippen molar-refractivity contribution in [2.75, 3.05) is 0 Å². The number of rotatable bonds is 3. The molecule has 0 bridgehead atoms. The van der Waals surface area contributed by atoms with Gasteiger partial charge in [-0.2, -0.15) is 0 Å². The molecule has 3 aromatic carbocycles. The zero-order valence-electron chi connectivity index (χ0n) is 20.2. The van der Waals surface area contributed by atoms with Crippen molar-refractivity contribution in [2.45, 2.75) is 58.3 Å². The molecule has 0 amide bonds. The maximum absolute atomic E-state index is 12.7. The minimum absolute atomic E-state index is 0.0283. The molecule has 0 aliphatic heterocycles. The van der Waals surface area contributed by atoms with E-state index in [9.17, 15) is 14.7 Å². The minimum atomic E-state index is -0.766. The summed E-state index contributed by atoms with van der Waals surface area (Å²) < 4.78 is 5.07. The maximum atomic E-state index is 12.7. The first-order valence-corrected chi connectivity index (χ1v) is 11.8. The first kappa shape index (κ1) is 24.0. The lowest BCUT2D eigenvalue weighted by Crippen LogP contribution is -2.33. The largest absolute Gasteiger partial charge is 0.507 e. The molecule has 0 radical (unpaired) electrons. The van der Waals surface area contributed by atoms with E-state index in [-0.39, 0.29) is 22.1 Å². The summed E-state index contributed by atoms with van der Waals surface area (Å²) >= 11 is 6.71. The molecule has 0 saturated carbocycles. The number of benzene rings is 3. The Morgan fingerprint density at radius 3 is 2.06 bits per heavy atom. The van der Waals surface area contributed by atoms with Crippen LogP contribution in [-0.2, 0) is 15.6 Å². The van der Waals surface area contributed by atoms with Gasteiger partial charge < -0.3 is 9.84 Å². The average molecular weight is 477 g/mol. The molecule has 1 N–H and O–H groups in total. The number of carbonyl (C=O) groups excluding carboxylic acids is 2. The average Bonchev–Trinajstić information content (AvgIpc) is 2.79. The summed E-state index contributed by atoms with van der Waals surface area (Å²) in [7, 11) is 0. The third-order valence-electron chi connectivity index (χ3n) is 7.06. The van der Waals surface area contributed by atoms with Crippen molar-refractivity contribution in [3.63, 3.8) is 0 Å². The predicted octanol–water partition coefficient (Wildman–Crippen LogP) is 7.37. The lowest BCUT2D eigenvalue weighted by atomic mass is 9.62. The van der Waals surface area contributed by atoms with E-state index in [1.54, 1.807) is 49.4 Å². The van der Waals surface area contributed by atoms with Gasteiger partial charge in [-0.3, -0.25) is 0 Å². The Morgan fingerprint density at radius 2 is 1.44 bits per heavy atom. The van der Waals surface area contributed by atoms with Gasteiger partial charge in [0.15, 0.2) is 0 Å². The van der Waals surface area contributed by atoms with Crippen LogP contribution < -0.4 is 0 Å². The molecular formula is C29H29ClO4. The summed E-state index contributed by atoms with van der Waals surface area (Å²) in [6.07, 6.45) is 2.09. The first-order chi connectivity index (χ1) is 15.9. The number of hydrogen-bond acceptors (Lipinski definition) is 4. The van der Waals surface area contributed by atoms with Crippen LogP contribution >= 0.6 is 11.6 Å². The summed E-state index contributed by atoms with van der Waals surface area (Å²) in [5.74, 6) is -1.33. The molecule has 0 aromatic heterocycles. The van der Waals surface area contributed by atoms with Crippen LogP contribution in [0.4, 0.5) is 0 Å². The molecule has 0 spiro atoms. The zero-order chi connectivity index (χ0) is 24.8. The van der Waals surface area contributed by atoms with Gasteiger partial charge in [0.25, 0.3) is 0 Å². The summed E-state index contributed by atoms with van der Waals surface area (Å²) in [4.78, 5) is 25.0. The summed E-state index contributed by atoms with van der Waals surface area (Å²) in [6, 6.07) is 15.5. The first-order valence-electron chi connectivity index (χ1n) is 11.4. The second-order valence-electron chi connectivity index (χ2n) is 10.3. The van der Waals surface area contributed by atoms with Gasteiger partial charge in [0.1, 0.15) is 5.75 Å². The standard InChI is InChI=1S/C29H29ClO4/c1-17-19(27(33)34-26(32)18-9-7-6-8-10-18)11-12-20(25(17)30)21-15-22-23(16-24(21)31)29(4,5)14-13-28(22,2)3/h6-12,15-16,31H,13-14H2,1-5H3. The van der Waals surface area contributed by atoms with E-state index in [2.05, 4.69) is 27.7 Å². The maximum Gasteiger partial charge on any atom is 0.346 e. The van der Waals surface area contributed by atoms with Crippen LogP contribution in [0.3, 0.4) is 0 Å². The fraction of sp³-hybridized carbons (Fsp3) is 0.310. The Kier molecular flexibility index (Phi) is 6.07. The highest BCUT2D eigenvalue weighted by atomic mass is 35.5. The Bertz CT molecular complexity index is 1290. The highest BCUT2D eigenvalue weighted by Gasteiger charge is 2.38. The Labute approximate surface area is 205 Å². The summed E-state index contributed by atoms with van der Waals surface area (Å²) in [6.45, 7) is 10.6. The number of phenols is 1. The smallest absolute Gasteiger partial charge is 0.346 e. The number of halogens is 1. The molecule has 0 saturated heterocycles. The monoisotopic (exact) mass is 476 g/mol. The molecular weight excluding hydrogens is 448 g/mol. The van der Waals surface area contributed by atoms with E-state index in [0.717, 1.165) is 18.4 Å². The number of carbonyl (C=O) groups is 2. The summed E-state index contributed by atoms with van der Waals surface area (Å²) in [5, 5.41) is 11.3. The number of phenolic OH excluding ortho intramolecular Hbond substituents is 1. The van der Waals surface area contributed by atoms with Gasteiger partial charge in [-0.1, -0.05) is 63.6 Å². The molecule has 0 fully saturated rings. The van der Waals surface area contributed by atoms with E-state index in [4.69, 9.17) is 16.3 Å². The fourth-order valence-electron chi connectivity index (χ4n) is 4.70. The van der Waals surface area contributed by atoms with Crippen molar-refractivity contribution in [1.29, 1.82) is 0 Å². The van der Waals surface area contributed by atoms with Crippen LogP contribution in [0.2, 0.25) is 5.02 Å². The highest BCUT2D eigenvalue weighted by molar-refractivity contribution is 6.34. The third kappa shape index (κ3) is 4.23. The van der Waals surface area contributed by atoms with Crippen molar-refractivity contribution in [3.05, 3.63) is 87.4 Å². The molecule has 0 heterocycles. The van der Waals surface area contributed by atoms with E-state index >= 15 is 0 Å². The molecule has 4 nitrogen and oxygen atoms in total. The number of ether oxygens (including phenoxy) is 1. The Morgan fingerprint density at radius 1 is 0.853 bits per heavy atom. The van der Waals surface area contributed by atoms with Gasteiger partial charge in [0.2, 0.25) is 0 Å². The van der Waals surface area contributed by atoms with Crippen molar-refractivity contribution in [1.82, 2.24) is 0 Å². The predicted molar refractivity (Wildman–Crippen MR) is 135 cm³/mol. The minimum Gasteiger partial charge on any atom is -0.507 e. The van der Waals surface area contributed by atoms with Crippen LogP contribution in [0.15, 0.2) is 54.6 Å². The quantitative estimate of drug-likeness (QED) is 0.316. The molecule has 3 aromatic rings. The van der Waals surface area contributed by atoms with Crippen LogP contribution in [0.25, 0.3) is 11.1 Å². The molecule has 5 heteroatoms. The number of hydrogen-bond donors (Lipinski definition) is 1. The second-order valence-corrected chi connectivity index (χ2v) is 10.7. The zero-order valence-corrected chi connectivity index (χ0v) is 20.9. The molecule has 34 heavy (non-hydrogen) atoms. The Balaban J connectivity index is 1.72. The molecule has 4 rings (SSSR count). The van der Waals surface area contributed by atoms with Crippen molar-refractivity contribution >= 4 is 23.5 Å². The number of esters is 2. The number of fused-ring (bicyclic) bond motifs is 1. The van der Waals surface area contributed by atoms with E-state index in [1.807, 2.05) is 12.1 Å². The molecule has 0 atom stereocenters. The number of aromatic hydroxyl groups is 1. The van der Waals surface area contributed by atoms with E-state index < -0.39 is 11.9 Å². The van der Waals surface area contributed by atoms with E-state index in [0.29, 0.717) is 27.3 Å². The lowest BCUT2D eigenvalue weighted by Gasteiger charge is -2.42. The van der Waals surface area contributed by atoms with Crippen molar-refractivity contribution < 1.29 is 19.4 Å². The highest BCUT2D eigenvalue weighted by Crippen LogP contribution is 2.49. The lowest BCUT2D eigenvalue weighted by molar-refractivity contribution is 0.0397. The van der Waals surface area contributed by atoms with Crippen LogP contribution in [-0.4, -0.2) is 17.0 Å². The van der Waals surface area contributed by atoms with Crippen molar-refractivity contribution in [2.24, 2.45) is 0 Å². The molecule has 0 unspecified atom stereocenters.